The van der Waals surface area contributed by atoms with Gasteiger partial charge in [0.05, 0.1) is 6.61 Å². The lowest BCUT2D eigenvalue weighted by atomic mass is 9.88. The Kier molecular flexibility index (Phi) is 11.0. The van der Waals surface area contributed by atoms with Crippen LogP contribution in [0.1, 0.15) is 53.9 Å². The van der Waals surface area contributed by atoms with E-state index in [1.165, 1.54) is 6.42 Å². The molecule has 29 heavy (non-hydrogen) atoms. The molecule has 0 aliphatic carbocycles. The molecule has 2 heterocycles. The van der Waals surface area contributed by atoms with Crippen LogP contribution in [0.2, 0.25) is 0 Å². The second-order valence-electron chi connectivity index (χ2n) is 9.19. The molecule has 0 bridgehead atoms. The van der Waals surface area contributed by atoms with Gasteiger partial charge < -0.3 is 20.3 Å². The number of guanidine groups is 1. The highest BCUT2D eigenvalue weighted by molar-refractivity contribution is 14.0. The molecular formula is C21H42IN5O2. The summed E-state index contributed by atoms with van der Waals surface area (Å²) in [5.74, 6) is 2.36. The van der Waals surface area contributed by atoms with Crippen LogP contribution >= 0.6 is 24.0 Å². The molecule has 0 aromatic heterocycles. The lowest BCUT2D eigenvalue weighted by molar-refractivity contribution is 0.0483. The highest BCUT2D eigenvalue weighted by Gasteiger charge is 2.33. The maximum Gasteiger partial charge on any atom is 0.409 e. The van der Waals surface area contributed by atoms with Crippen molar-refractivity contribution in [3.05, 3.63) is 0 Å². The number of carbonyl (C=O) groups is 1. The Labute approximate surface area is 194 Å². The summed E-state index contributed by atoms with van der Waals surface area (Å²) in [6.07, 6.45) is 2.94. The maximum absolute atomic E-state index is 11.8. The van der Waals surface area contributed by atoms with Crippen LogP contribution in [0, 0.1) is 11.8 Å². The molecular weight excluding hydrogens is 481 g/mol. The van der Waals surface area contributed by atoms with E-state index in [1.807, 2.05) is 14.0 Å². The van der Waals surface area contributed by atoms with Crippen molar-refractivity contribution in [1.29, 1.82) is 0 Å². The molecule has 2 unspecified atom stereocenters. The first-order valence-electron chi connectivity index (χ1n) is 10.9. The summed E-state index contributed by atoms with van der Waals surface area (Å²) >= 11 is 0. The van der Waals surface area contributed by atoms with Crippen molar-refractivity contribution >= 4 is 36.0 Å². The van der Waals surface area contributed by atoms with Crippen molar-refractivity contribution in [3.63, 3.8) is 0 Å². The number of carbonyl (C=O) groups excluding carboxylic acids is 1. The summed E-state index contributed by atoms with van der Waals surface area (Å²) in [7, 11) is 1.82. The molecule has 1 amide bonds. The van der Waals surface area contributed by atoms with Crippen molar-refractivity contribution in [2.45, 2.75) is 65.5 Å². The second-order valence-corrected chi connectivity index (χ2v) is 9.19. The Bertz CT molecular complexity index is 525. The number of aliphatic imine (C=N–C) groups is 1. The van der Waals surface area contributed by atoms with Gasteiger partial charge in [-0.1, -0.05) is 13.8 Å². The monoisotopic (exact) mass is 523 g/mol. The van der Waals surface area contributed by atoms with E-state index in [0.29, 0.717) is 12.6 Å². The first-order chi connectivity index (χ1) is 13.2. The first-order valence-corrected chi connectivity index (χ1v) is 10.9. The van der Waals surface area contributed by atoms with Crippen LogP contribution in [0.4, 0.5) is 4.79 Å². The average molecular weight is 524 g/mol. The number of hydrogen-bond donors (Lipinski definition) is 2. The predicted octanol–water partition coefficient (Wildman–Crippen LogP) is 3.15. The number of likely N-dealkylation sites (tertiary alicyclic amines) is 2. The Morgan fingerprint density at radius 3 is 2.28 bits per heavy atom. The standard InChI is InChI=1S/C21H41N5O2.HI/c1-7-28-20(27)25-10-8-18(9-11-25)24-19(22-6)23-15-21(4,5)26-13-16(2)12-17(3)14-26;/h16-18H,7-15H2,1-6H3,(H2,22,23,24);1H. The van der Waals surface area contributed by atoms with Gasteiger partial charge >= 0.3 is 6.09 Å². The Morgan fingerprint density at radius 1 is 1.17 bits per heavy atom. The molecule has 2 atom stereocenters. The predicted molar refractivity (Wildman–Crippen MR) is 130 cm³/mol. The number of piperidine rings is 2. The van der Waals surface area contributed by atoms with E-state index >= 15 is 0 Å². The third kappa shape index (κ3) is 8.11. The lowest BCUT2D eigenvalue weighted by Crippen LogP contribution is -2.58. The van der Waals surface area contributed by atoms with Gasteiger partial charge in [-0.25, -0.2) is 4.79 Å². The van der Waals surface area contributed by atoms with Crippen LogP contribution in [-0.4, -0.2) is 79.8 Å². The van der Waals surface area contributed by atoms with Gasteiger partial charge in [0.15, 0.2) is 5.96 Å². The molecule has 2 N–H and O–H groups in total. The minimum Gasteiger partial charge on any atom is -0.450 e. The minimum absolute atomic E-state index is 0. The molecule has 2 fully saturated rings. The molecule has 8 heteroatoms. The third-order valence-electron chi connectivity index (χ3n) is 6.00. The molecule has 2 aliphatic rings. The van der Waals surface area contributed by atoms with Crippen LogP contribution in [0.3, 0.4) is 0 Å². The molecule has 0 saturated carbocycles. The second kappa shape index (κ2) is 12.2. The fourth-order valence-corrected chi connectivity index (χ4v) is 4.38. The Balaban J connectivity index is 0.00000420. The molecule has 0 aromatic carbocycles. The average Bonchev–Trinajstić information content (AvgIpc) is 2.65. The van der Waals surface area contributed by atoms with Gasteiger partial charge in [-0.2, -0.15) is 0 Å². The quantitative estimate of drug-likeness (QED) is 0.329. The summed E-state index contributed by atoms with van der Waals surface area (Å²) in [5.41, 5.74) is 0.0772. The van der Waals surface area contributed by atoms with Gasteiger partial charge in [0.25, 0.3) is 0 Å². The van der Waals surface area contributed by atoms with E-state index in [4.69, 9.17) is 4.74 Å². The molecule has 0 radical (unpaired) electrons. The lowest BCUT2D eigenvalue weighted by Gasteiger charge is -2.45. The van der Waals surface area contributed by atoms with E-state index < -0.39 is 0 Å². The van der Waals surface area contributed by atoms with E-state index in [0.717, 1.165) is 63.4 Å². The number of rotatable bonds is 5. The summed E-state index contributed by atoms with van der Waals surface area (Å²) in [6, 6.07) is 0.329. The van der Waals surface area contributed by atoms with Gasteiger partial charge in [-0.15, -0.1) is 24.0 Å². The van der Waals surface area contributed by atoms with Crippen LogP contribution in [0.25, 0.3) is 0 Å². The topological polar surface area (TPSA) is 69.2 Å². The van der Waals surface area contributed by atoms with E-state index in [2.05, 4.69) is 48.2 Å². The molecule has 7 nitrogen and oxygen atoms in total. The molecule has 2 saturated heterocycles. The van der Waals surface area contributed by atoms with Crippen molar-refractivity contribution in [1.82, 2.24) is 20.4 Å². The van der Waals surface area contributed by atoms with Crippen molar-refractivity contribution in [2.75, 3.05) is 46.4 Å². The highest BCUT2D eigenvalue weighted by Crippen LogP contribution is 2.26. The van der Waals surface area contributed by atoms with Crippen LogP contribution in [0.15, 0.2) is 4.99 Å². The smallest absolute Gasteiger partial charge is 0.409 e. The maximum atomic E-state index is 11.8. The van der Waals surface area contributed by atoms with Crippen LogP contribution in [0.5, 0.6) is 0 Å². The number of nitrogens with one attached hydrogen (secondary N) is 2. The summed E-state index contributed by atoms with van der Waals surface area (Å²) in [6.45, 7) is 16.2. The van der Waals surface area contributed by atoms with Gasteiger partial charge in [0.1, 0.15) is 0 Å². The zero-order chi connectivity index (χ0) is 20.7. The first kappa shape index (κ1) is 26.3. The van der Waals surface area contributed by atoms with Crippen molar-refractivity contribution < 1.29 is 9.53 Å². The van der Waals surface area contributed by atoms with E-state index in [9.17, 15) is 4.79 Å². The summed E-state index contributed by atoms with van der Waals surface area (Å²) in [5, 5.41) is 7.06. The zero-order valence-electron chi connectivity index (χ0n) is 19.2. The Hall–Kier alpha value is -0.770. The van der Waals surface area contributed by atoms with Crippen LogP contribution in [-0.2, 0) is 4.74 Å². The number of halogens is 1. The normalized spacial score (nSPS) is 24.6. The van der Waals surface area contributed by atoms with E-state index in [1.54, 1.807) is 4.90 Å². The zero-order valence-corrected chi connectivity index (χ0v) is 21.5. The SMILES string of the molecule is CCOC(=O)N1CCC(NC(=NC)NCC(C)(C)N2CC(C)CC(C)C2)CC1.I. The minimum atomic E-state index is -0.199. The van der Waals surface area contributed by atoms with Gasteiger partial charge in [-0.05, 0) is 51.9 Å². The number of amides is 1. The van der Waals surface area contributed by atoms with Gasteiger partial charge in [0.2, 0.25) is 0 Å². The number of nitrogens with zero attached hydrogens (tertiary/aromatic N) is 3. The molecule has 170 valence electrons. The van der Waals surface area contributed by atoms with Gasteiger partial charge in [0, 0.05) is 51.4 Å². The molecule has 0 aromatic rings. The summed E-state index contributed by atoms with van der Waals surface area (Å²) < 4.78 is 5.09. The van der Waals surface area contributed by atoms with Crippen LogP contribution < -0.4 is 10.6 Å². The van der Waals surface area contributed by atoms with E-state index in [-0.39, 0.29) is 35.6 Å². The largest absolute Gasteiger partial charge is 0.450 e. The van der Waals surface area contributed by atoms with Gasteiger partial charge in [-0.3, -0.25) is 9.89 Å². The molecule has 0 spiro atoms. The fraction of sp³-hybridized carbons (Fsp3) is 0.905. The Morgan fingerprint density at radius 2 is 1.76 bits per heavy atom. The highest BCUT2D eigenvalue weighted by atomic mass is 127. The van der Waals surface area contributed by atoms with Crippen molar-refractivity contribution in [3.8, 4) is 0 Å². The number of ether oxygens (including phenoxy) is 1. The third-order valence-corrected chi connectivity index (χ3v) is 6.00. The fourth-order valence-electron chi connectivity index (χ4n) is 4.38. The van der Waals surface area contributed by atoms with Crippen molar-refractivity contribution in [2.24, 2.45) is 16.8 Å². The molecule has 2 aliphatic heterocycles. The summed E-state index contributed by atoms with van der Waals surface area (Å²) in [4.78, 5) is 20.7. The molecule has 2 rings (SSSR count). The number of hydrogen-bond acceptors (Lipinski definition) is 4.